The van der Waals surface area contributed by atoms with Gasteiger partial charge in [-0.2, -0.15) is 0 Å². The minimum absolute atomic E-state index is 0.508. The molecule has 0 amide bonds. The van der Waals surface area contributed by atoms with Gasteiger partial charge in [-0.05, 0) is 58.1 Å². The van der Waals surface area contributed by atoms with Crippen molar-refractivity contribution < 1.29 is 0 Å². The topological polar surface area (TPSA) is 53.6 Å². The van der Waals surface area contributed by atoms with Gasteiger partial charge in [0.25, 0.3) is 0 Å². The minimum atomic E-state index is 0.508. The molecule has 4 nitrogen and oxygen atoms in total. The van der Waals surface area contributed by atoms with Crippen molar-refractivity contribution in [2.45, 2.75) is 39.0 Å². The van der Waals surface area contributed by atoms with Gasteiger partial charge in [0.1, 0.15) is 0 Å². The SMILES string of the molecule is Cc1cccc(NC(N)=NCCCCCCCN(C)C)c1. The van der Waals surface area contributed by atoms with E-state index in [1.807, 2.05) is 12.1 Å². The van der Waals surface area contributed by atoms with Crippen LogP contribution >= 0.6 is 0 Å². The molecule has 0 aliphatic carbocycles. The van der Waals surface area contributed by atoms with Gasteiger partial charge in [0.05, 0.1) is 0 Å². The Morgan fingerprint density at radius 3 is 2.57 bits per heavy atom. The molecule has 0 atom stereocenters. The first kappa shape index (κ1) is 17.5. The molecule has 3 N–H and O–H groups in total. The number of nitrogens with zero attached hydrogens (tertiary/aromatic N) is 2. The normalized spacial score (nSPS) is 11.9. The summed E-state index contributed by atoms with van der Waals surface area (Å²) in [5.74, 6) is 0.508. The highest BCUT2D eigenvalue weighted by atomic mass is 15.1. The molecule has 0 fully saturated rings. The maximum atomic E-state index is 5.88. The summed E-state index contributed by atoms with van der Waals surface area (Å²) in [6, 6.07) is 8.14. The van der Waals surface area contributed by atoms with Gasteiger partial charge >= 0.3 is 0 Å². The first-order valence-corrected chi connectivity index (χ1v) is 7.86. The molecule has 1 aromatic carbocycles. The summed E-state index contributed by atoms with van der Waals surface area (Å²) in [4.78, 5) is 6.61. The Kier molecular flexibility index (Phi) is 8.51. The predicted octanol–water partition coefficient (Wildman–Crippen LogP) is 3.23. The lowest BCUT2D eigenvalue weighted by molar-refractivity contribution is 0.390. The van der Waals surface area contributed by atoms with Gasteiger partial charge in [0, 0.05) is 12.2 Å². The van der Waals surface area contributed by atoms with Crippen molar-refractivity contribution in [2.75, 3.05) is 32.5 Å². The van der Waals surface area contributed by atoms with Crippen molar-refractivity contribution in [3.05, 3.63) is 29.8 Å². The van der Waals surface area contributed by atoms with Crippen LogP contribution in [-0.4, -0.2) is 38.0 Å². The number of nitrogens with two attached hydrogens (primary N) is 1. The number of hydrogen-bond acceptors (Lipinski definition) is 2. The second-order valence-electron chi connectivity index (χ2n) is 5.83. The van der Waals surface area contributed by atoms with Crippen LogP contribution < -0.4 is 11.1 Å². The number of anilines is 1. The molecular formula is C17H30N4. The highest BCUT2D eigenvalue weighted by molar-refractivity contribution is 5.92. The molecule has 0 unspecified atom stereocenters. The van der Waals surface area contributed by atoms with Crippen LogP contribution in [-0.2, 0) is 0 Å². The third-order valence-corrected chi connectivity index (χ3v) is 3.34. The molecule has 0 aliphatic heterocycles. The highest BCUT2D eigenvalue weighted by Gasteiger charge is 1.96. The lowest BCUT2D eigenvalue weighted by Gasteiger charge is -2.08. The van der Waals surface area contributed by atoms with Gasteiger partial charge in [0.2, 0.25) is 0 Å². The Bertz CT molecular complexity index is 427. The molecule has 0 saturated carbocycles. The number of guanidine groups is 1. The quantitative estimate of drug-likeness (QED) is 0.417. The summed E-state index contributed by atoms with van der Waals surface area (Å²) >= 11 is 0. The average Bonchev–Trinajstić information content (AvgIpc) is 2.41. The summed E-state index contributed by atoms with van der Waals surface area (Å²) in [6.07, 6.45) is 6.22. The Balaban J connectivity index is 2.10. The third-order valence-electron chi connectivity index (χ3n) is 3.34. The van der Waals surface area contributed by atoms with Crippen LogP contribution in [0.15, 0.2) is 29.3 Å². The Hall–Kier alpha value is -1.55. The van der Waals surface area contributed by atoms with Crippen molar-refractivity contribution in [1.82, 2.24) is 4.90 Å². The van der Waals surface area contributed by atoms with Gasteiger partial charge in [-0.1, -0.05) is 31.4 Å². The van der Waals surface area contributed by atoms with Gasteiger partial charge in [0.15, 0.2) is 5.96 Å². The molecule has 0 saturated heterocycles. The van der Waals surface area contributed by atoms with Crippen LogP contribution in [0.5, 0.6) is 0 Å². The Morgan fingerprint density at radius 1 is 1.14 bits per heavy atom. The third kappa shape index (κ3) is 9.08. The molecule has 0 radical (unpaired) electrons. The Labute approximate surface area is 129 Å². The zero-order chi connectivity index (χ0) is 15.5. The first-order chi connectivity index (χ1) is 10.1. The minimum Gasteiger partial charge on any atom is -0.370 e. The van der Waals surface area contributed by atoms with Gasteiger partial charge in [-0.3, -0.25) is 4.99 Å². The van der Waals surface area contributed by atoms with Crippen LogP contribution in [0.25, 0.3) is 0 Å². The molecule has 4 heteroatoms. The van der Waals surface area contributed by atoms with E-state index < -0.39 is 0 Å². The monoisotopic (exact) mass is 290 g/mol. The standard InChI is InChI=1S/C17H30N4/c1-15-10-9-11-16(14-15)20-17(18)19-12-7-5-4-6-8-13-21(2)3/h9-11,14H,4-8,12-13H2,1-3H3,(H3,18,19,20). The van der Waals surface area contributed by atoms with Crippen molar-refractivity contribution in [1.29, 1.82) is 0 Å². The predicted molar refractivity (Wildman–Crippen MR) is 92.9 cm³/mol. The zero-order valence-electron chi connectivity index (χ0n) is 13.7. The summed E-state index contributed by atoms with van der Waals surface area (Å²) < 4.78 is 0. The maximum absolute atomic E-state index is 5.88. The van der Waals surface area contributed by atoms with Gasteiger partial charge in [-0.15, -0.1) is 0 Å². The number of benzene rings is 1. The fourth-order valence-corrected chi connectivity index (χ4v) is 2.18. The molecule has 21 heavy (non-hydrogen) atoms. The lowest BCUT2D eigenvalue weighted by atomic mass is 10.1. The lowest BCUT2D eigenvalue weighted by Crippen LogP contribution is -2.22. The molecule has 0 aliphatic rings. The molecule has 118 valence electrons. The van der Waals surface area contributed by atoms with Crippen LogP contribution in [0.2, 0.25) is 0 Å². The second kappa shape index (κ2) is 10.2. The number of aliphatic imine (C=N–C) groups is 1. The van der Waals surface area contributed by atoms with E-state index in [0.29, 0.717) is 5.96 Å². The fourth-order valence-electron chi connectivity index (χ4n) is 2.18. The van der Waals surface area contributed by atoms with E-state index in [1.165, 1.54) is 37.8 Å². The molecule has 0 heterocycles. The summed E-state index contributed by atoms with van der Waals surface area (Å²) in [5.41, 5.74) is 8.10. The van der Waals surface area contributed by atoms with Crippen molar-refractivity contribution in [3.63, 3.8) is 0 Å². The van der Waals surface area contributed by atoms with Crippen LogP contribution in [0.3, 0.4) is 0 Å². The first-order valence-electron chi connectivity index (χ1n) is 7.86. The van der Waals surface area contributed by atoms with Crippen molar-refractivity contribution in [2.24, 2.45) is 10.7 Å². The molecule has 1 rings (SSSR count). The molecule has 1 aromatic rings. The summed E-state index contributed by atoms with van der Waals surface area (Å²) in [7, 11) is 4.25. The van der Waals surface area contributed by atoms with E-state index in [0.717, 1.165) is 18.7 Å². The Morgan fingerprint density at radius 2 is 1.86 bits per heavy atom. The number of hydrogen-bond donors (Lipinski definition) is 2. The number of rotatable bonds is 9. The van der Waals surface area contributed by atoms with E-state index in [1.54, 1.807) is 0 Å². The van der Waals surface area contributed by atoms with Crippen LogP contribution in [0, 0.1) is 6.92 Å². The van der Waals surface area contributed by atoms with Crippen LogP contribution in [0.1, 0.15) is 37.7 Å². The van der Waals surface area contributed by atoms with E-state index >= 15 is 0 Å². The van der Waals surface area contributed by atoms with Crippen LogP contribution in [0.4, 0.5) is 5.69 Å². The van der Waals surface area contributed by atoms with Crippen molar-refractivity contribution in [3.8, 4) is 0 Å². The smallest absolute Gasteiger partial charge is 0.193 e. The molecule has 0 spiro atoms. The maximum Gasteiger partial charge on any atom is 0.193 e. The number of unbranched alkanes of at least 4 members (excludes halogenated alkanes) is 4. The highest BCUT2D eigenvalue weighted by Crippen LogP contribution is 2.09. The van der Waals surface area contributed by atoms with E-state index in [2.05, 4.69) is 48.4 Å². The molecule has 0 bridgehead atoms. The summed E-state index contributed by atoms with van der Waals surface area (Å²) in [5, 5.41) is 3.13. The largest absolute Gasteiger partial charge is 0.370 e. The van der Waals surface area contributed by atoms with E-state index in [-0.39, 0.29) is 0 Å². The average molecular weight is 290 g/mol. The van der Waals surface area contributed by atoms with Crippen molar-refractivity contribution >= 4 is 11.6 Å². The number of aryl methyl sites for hydroxylation is 1. The van der Waals surface area contributed by atoms with E-state index in [4.69, 9.17) is 5.73 Å². The second-order valence-corrected chi connectivity index (χ2v) is 5.83. The summed E-state index contributed by atoms with van der Waals surface area (Å²) in [6.45, 7) is 4.05. The number of nitrogens with one attached hydrogen (secondary N) is 1. The van der Waals surface area contributed by atoms with E-state index in [9.17, 15) is 0 Å². The zero-order valence-corrected chi connectivity index (χ0v) is 13.7. The van der Waals surface area contributed by atoms with Gasteiger partial charge in [-0.25, -0.2) is 0 Å². The fraction of sp³-hybridized carbons (Fsp3) is 0.588. The van der Waals surface area contributed by atoms with Gasteiger partial charge < -0.3 is 16.0 Å². The molecular weight excluding hydrogens is 260 g/mol. The molecule has 0 aromatic heterocycles.